The number of rotatable bonds is 5. The van der Waals surface area contributed by atoms with Gasteiger partial charge in [0.15, 0.2) is 5.17 Å². The molecule has 0 bridgehead atoms. The Labute approximate surface area is 166 Å². The van der Waals surface area contributed by atoms with E-state index in [9.17, 15) is 18.4 Å². The molecule has 2 fully saturated rings. The summed E-state index contributed by atoms with van der Waals surface area (Å²) in [6, 6.07) is 2.58. The Bertz CT molecular complexity index is 746. The standard InChI is InChI=1S/C19H24F2N4O2S/c20-13-8-5-9-14(21)16(13)25(18(22)27)11-10-15-17(26)24-19(28-15)23-12-6-3-1-2-4-7-12/h5,8-9,12,15H,1-4,6-7,10-11H2,(H2,22,27)(H,23,24,26). The Kier molecular flexibility index (Phi) is 6.88. The highest BCUT2D eigenvalue weighted by Gasteiger charge is 2.32. The van der Waals surface area contributed by atoms with Crippen molar-refractivity contribution < 1.29 is 18.4 Å². The summed E-state index contributed by atoms with van der Waals surface area (Å²) in [6.45, 7) is -0.0744. The SMILES string of the molecule is NC(=O)N(CCC1SC(=NC2CCCCCC2)NC1=O)c1c(F)cccc1F. The second-order valence-corrected chi connectivity index (χ2v) is 8.22. The van der Waals surface area contributed by atoms with Gasteiger partial charge in [0.25, 0.3) is 0 Å². The number of carbonyl (C=O) groups is 2. The number of benzene rings is 1. The second-order valence-electron chi connectivity index (χ2n) is 7.02. The maximum absolute atomic E-state index is 14.0. The van der Waals surface area contributed by atoms with Gasteiger partial charge in [-0.1, -0.05) is 43.5 Å². The number of hydrogen-bond donors (Lipinski definition) is 2. The quantitative estimate of drug-likeness (QED) is 0.728. The van der Waals surface area contributed by atoms with Crippen molar-refractivity contribution in [2.24, 2.45) is 10.7 Å². The molecule has 3 amide bonds. The van der Waals surface area contributed by atoms with Crippen LogP contribution in [0.2, 0.25) is 0 Å². The minimum Gasteiger partial charge on any atom is -0.351 e. The molecule has 1 unspecified atom stereocenters. The van der Waals surface area contributed by atoms with E-state index < -0.39 is 28.6 Å². The molecule has 1 atom stereocenters. The summed E-state index contributed by atoms with van der Waals surface area (Å²) in [7, 11) is 0. The molecule has 3 rings (SSSR count). The van der Waals surface area contributed by atoms with Gasteiger partial charge < -0.3 is 11.1 Å². The highest BCUT2D eigenvalue weighted by atomic mass is 32.2. The molecule has 9 heteroatoms. The molecule has 3 N–H and O–H groups in total. The Morgan fingerprint density at radius 1 is 1.21 bits per heavy atom. The predicted molar refractivity (Wildman–Crippen MR) is 106 cm³/mol. The molecular weight excluding hydrogens is 386 g/mol. The zero-order valence-electron chi connectivity index (χ0n) is 15.5. The van der Waals surface area contributed by atoms with E-state index in [-0.39, 0.29) is 24.9 Å². The zero-order chi connectivity index (χ0) is 20.1. The minimum absolute atomic E-state index is 0.0744. The van der Waals surface area contributed by atoms with Crippen LogP contribution in [0.15, 0.2) is 23.2 Å². The van der Waals surface area contributed by atoms with Gasteiger partial charge in [-0.3, -0.25) is 14.7 Å². The number of anilines is 1. The number of nitrogens with zero attached hydrogens (tertiary/aromatic N) is 2. The number of primary amides is 1. The van der Waals surface area contributed by atoms with Crippen LogP contribution in [0.1, 0.15) is 44.9 Å². The fourth-order valence-corrected chi connectivity index (χ4v) is 4.56. The summed E-state index contributed by atoms with van der Waals surface area (Å²) in [4.78, 5) is 29.5. The van der Waals surface area contributed by atoms with Gasteiger partial charge in [0, 0.05) is 6.54 Å². The van der Waals surface area contributed by atoms with E-state index in [1.165, 1.54) is 30.7 Å². The van der Waals surface area contributed by atoms with Crippen molar-refractivity contribution in [1.29, 1.82) is 0 Å². The van der Waals surface area contributed by atoms with Gasteiger partial charge in [-0.25, -0.2) is 13.6 Å². The lowest BCUT2D eigenvalue weighted by Gasteiger charge is -2.22. The van der Waals surface area contributed by atoms with Crippen molar-refractivity contribution in [3.8, 4) is 0 Å². The molecule has 0 aromatic heterocycles. The van der Waals surface area contributed by atoms with Crippen LogP contribution >= 0.6 is 11.8 Å². The minimum atomic E-state index is -0.972. The number of urea groups is 1. The van der Waals surface area contributed by atoms with Crippen LogP contribution in [0.3, 0.4) is 0 Å². The van der Waals surface area contributed by atoms with E-state index in [1.807, 2.05) is 0 Å². The molecule has 0 spiro atoms. The van der Waals surface area contributed by atoms with Crippen molar-refractivity contribution in [3.63, 3.8) is 0 Å². The molecule has 152 valence electrons. The first-order chi connectivity index (χ1) is 13.5. The number of halogens is 2. The number of thioether (sulfide) groups is 1. The maximum Gasteiger partial charge on any atom is 0.319 e. The molecular formula is C19H24F2N4O2S. The van der Waals surface area contributed by atoms with E-state index in [1.54, 1.807) is 0 Å². The fourth-order valence-electron chi connectivity index (χ4n) is 3.53. The lowest BCUT2D eigenvalue weighted by molar-refractivity contribution is -0.118. The molecule has 1 heterocycles. The largest absolute Gasteiger partial charge is 0.351 e. The Hall–Kier alpha value is -2.16. The Balaban J connectivity index is 1.64. The molecule has 1 aromatic carbocycles. The van der Waals surface area contributed by atoms with Crippen molar-refractivity contribution >= 4 is 34.6 Å². The smallest absolute Gasteiger partial charge is 0.319 e. The fraction of sp³-hybridized carbons (Fsp3) is 0.526. The summed E-state index contributed by atoms with van der Waals surface area (Å²) < 4.78 is 28.0. The third-order valence-electron chi connectivity index (χ3n) is 4.99. The zero-order valence-corrected chi connectivity index (χ0v) is 16.3. The molecule has 0 radical (unpaired) electrons. The number of para-hydroxylation sites is 1. The third kappa shape index (κ3) is 5.01. The number of aliphatic imine (C=N–C) groups is 1. The van der Waals surface area contributed by atoms with E-state index >= 15 is 0 Å². The van der Waals surface area contributed by atoms with Crippen LogP contribution in [0.25, 0.3) is 0 Å². The lowest BCUT2D eigenvalue weighted by atomic mass is 10.1. The normalized spacial score (nSPS) is 22.1. The summed E-state index contributed by atoms with van der Waals surface area (Å²) in [5, 5.41) is 2.88. The van der Waals surface area contributed by atoms with Gasteiger partial charge >= 0.3 is 6.03 Å². The monoisotopic (exact) mass is 410 g/mol. The molecule has 2 aliphatic rings. The Morgan fingerprint density at radius 3 is 2.46 bits per heavy atom. The van der Waals surface area contributed by atoms with E-state index in [0.29, 0.717) is 5.17 Å². The van der Waals surface area contributed by atoms with Gasteiger partial charge in [-0.05, 0) is 31.4 Å². The molecule has 1 saturated heterocycles. The number of amidine groups is 1. The molecule has 1 aliphatic carbocycles. The summed E-state index contributed by atoms with van der Waals surface area (Å²) in [5.74, 6) is -1.97. The van der Waals surface area contributed by atoms with Gasteiger partial charge in [0.2, 0.25) is 5.91 Å². The van der Waals surface area contributed by atoms with E-state index in [4.69, 9.17) is 5.73 Å². The topological polar surface area (TPSA) is 87.8 Å². The van der Waals surface area contributed by atoms with Gasteiger partial charge in [0.1, 0.15) is 17.3 Å². The highest BCUT2D eigenvalue weighted by Crippen LogP contribution is 2.28. The van der Waals surface area contributed by atoms with Gasteiger partial charge in [-0.15, -0.1) is 0 Å². The van der Waals surface area contributed by atoms with Crippen molar-refractivity contribution in [1.82, 2.24) is 5.32 Å². The second kappa shape index (κ2) is 9.36. The number of nitrogens with two attached hydrogens (primary N) is 1. The average molecular weight is 410 g/mol. The first-order valence-electron chi connectivity index (χ1n) is 9.52. The summed E-state index contributed by atoms with van der Waals surface area (Å²) in [6.07, 6.45) is 6.98. The van der Waals surface area contributed by atoms with Gasteiger partial charge in [0.05, 0.1) is 11.3 Å². The van der Waals surface area contributed by atoms with Crippen molar-refractivity contribution in [2.45, 2.75) is 56.2 Å². The number of hydrogen-bond acceptors (Lipinski definition) is 4. The van der Waals surface area contributed by atoms with Crippen LogP contribution in [0.4, 0.5) is 19.3 Å². The first-order valence-corrected chi connectivity index (χ1v) is 10.4. The first kappa shape index (κ1) is 20.6. The van der Waals surface area contributed by atoms with E-state index in [2.05, 4.69) is 10.3 Å². The van der Waals surface area contributed by atoms with Crippen molar-refractivity contribution in [3.05, 3.63) is 29.8 Å². The third-order valence-corrected chi connectivity index (χ3v) is 6.15. The van der Waals surface area contributed by atoms with Crippen molar-refractivity contribution in [2.75, 3.05) is 11.4 Å². The molecule has 28 heavy (non-hydrogen) atoms. The van der Waals surface area contributed by atoms with Crippen LogP contribution in [-0.2, 0) is 4.79 Å². The van der Waals surface area contributed by atoms with Gasteiger partial charge in [-0.2, -0.15) is 0 Å². The van der Waals surface area contributed by atoms with Crippen LogP contribution < -0.4 is 16.0 Å². The number of amides is 3. The lowest BCUT2D eigenvalue weighted by Crippen LogP contribution is -2.39. The van der Waals surface area contributed by atoms with E-state index in [0.717, 1.165) is 42.7 Å². The summed E-state index contributed by atoms with van der Waals surface area (Å²) in [5.41, 5.74) is 4.82. The maximum atomic E-state index is 14.0. The Morgan fingerprint density at radius 2 is 1.86 bits per heavy atom. The highest BCUT2D eigenvalue weighted by molar-refractivity contribution is 8.15. The predicted octanol–water partition coefficient (Wildman–Crippen LogP) is 3.55. The number of nitrogens with one attached hydrogen (secondary N) is 1. The molecule has 1 aromatic rings. The summed E-state index contributed by atoms with van der Waals surface area (Å²) >= 11 is 1.30. The molecule has 1 aliphatic heterocycles. The average Bonchev–Trinajstić information content (AvgIpc) is 2.82. The molecule has 1 saturated carbocycles. The van der Waals surface area contributed by atoms with Crippen LogP contribution in [0.5, 0.6) is 0 Å². The van der Waals surface area contributed by atoms with Crippen LogP contribution in [-0.4, -0.2) is 34.9 Å². The molecule has 6 nitrogen and oxygen atoms in total. The van der Waals surface area contributed by atoms with Crippen LogP contribution in [0, 0.1) is 11.6 Å². The number of carbonyl (C=O) groups excluding carboxylic acids is 2.